The highest BCUT2D eigenvalue weighted by Gasteiger charge is 2.09. The third-order valence-corrected chi connectivity index (χ3v) is 5.73. The highest BCUT2D eigenvalue weighted by atomic mass is 16.5. The molecule has 6 nitrogen and oxygen atoms in total. The molecule has 178 valence electrons. The van der Waals surface area contributed by atoms with Gasteiger partial charge in [0.05, 0.1) is 24.2 Å². The molecule has 0 aliphatic heterocycles. The van der Waals surface area contributed by atoms with Crippen molar-refractivity contribution < 1.29 is 9.47 Å². The van der Waals surface area contributed by atoms with E-state index < -0.39 is 0 Å². The summed E-state index contributed by atoms with van der Waals surface area (Å²) < 4.78 is 11.3. The van der Waals surface area contributed by atoms with Gasteiger partial charge in [-0.05, 0) is 61.4 Å². The van der Waals surface area contributed by atoms with E-state index >= 15 is 0 Å². The van der Waals surface area contributed by atoms with Crippen molar-refractivity contribution in [2.75, 3.05) is 42.3 Å². The molecule has 0 saturated heterocycles. The normalized spacial score (nSPS) is 11.4. The van der Waals surface area contributed by atoms with Crippen molar-refractivity contribution in [3.63, 3.8) is 0 Å². The van der Waals surface area contributed by atoms with Gasteiger partial charge < -0.3 is 31.6 Å². The van der Waals surface area contributed by atoms with E-state index in [2.05, 4.69) is 31.1 Å². The molecule has 0 atom stereocenters. The molecule has 0 aromatic heterocycles. The minimum atomic E-state index is 0.436. The second-order valence-corrected chi connectivity index (χ2v) is 8.18. The molecule has 0 spiro atoms. The van der Waals surface area contributed by atoms with E-state index in [4.69, 9.17) is 20.9 Å². The number of methoxy groups -OCH3 is 1. The first-order valence-electron chi connectivity index (χ1n) is 11.2. The second-order valence-electron chi connectivity index (χ2n) is 8.18. The predicted octanol–water partition coefficient (Wildman–Crippen LogP) is 5.94. The second kappa shape index (κ2) is 11.7. The number of nitrogens with two attached hydrogens (primary N) is 2. The fraction of sp³-hybridized carbons (Fsp3) is 0.214. The molecule has 0 unspecified atom stereocenters. The highest BCUT2D eigenvalue weighted by molar-refractivity contribution is 5.74. The van der Waals surface area contributed by atoms with E-state index in [0.29, 0.717) is 31.1 Å². The Labute approximate surface area is 202 Å². The van der Waals surface area contributed by atoms with Crippen molar-refractivity contribution in [3.05, 3.63) is 89.5 Å². The number of hydrogen-bond acceptors (Lipinski definition) is 6. The molecule has 3 rings (SSSR count). The molecule has 3 aromatic rings. The summed E-state index contributed by atoms with van der Waals surface area (Å²) in [4.78, 5) is 0. The lowest BCUT2D eigenvalue weighted by molar-refractivity contribution is 0.307. The fourth-order valence-corrected chi connectivity index (χ4v) is 3.36. The van der Waals surface area contributed by atoms with Gasteiger partial charge in [-0.3, -0.25) is 0 Å². The van der Waals surface area contributed by atoms with E-state index in [1.165, 1.54) is 11.1 Å². The van der Waals surface area contributed by atoms with Crippen molar-refractivity contribution >= 4 is 28.8 Å². The molecule has 0 fully saturated rings. The van der Waals surface area contributed by atoms with Crippen molar-refractivity contribution in [2.45, 2.75) is 20.5 Å². The number of para-hydroxylation sites is 1. The van der Waals surface area contributed by atoms with Crippen molar-refractivity contribution in [1.82, 2.24) is 0 Å². The summed E-state index contributed by atoms with van der Waals surface area (Å²) in [6, 6.07) is 19.4. The van der Waals surface area contributed by atoms with Crippen LogP contribution >= 0.6 is 0 Å². The van der Waals surface area contributed by atoms with Gasteiger partial charge in [0.1, 0.15) is 23.8 Å². The minimum absolute atomic E-state index is 0.436. The lowest BCUT2D eigenvalue weighted by Gasteiger charge is -2.17. The van der Waals surface area contributed by atoms with Gasteiger partial charge >= 0.3 is 0 Å². The van der Waals surface area contributed by atoms with E-state index in [-0.39, 0.29) is 0 Å². The number of ether oxygens (including phenoxy) is 2. The smallest absolute Gasteiger partial charge is 0.145 e. The molecule has 0 amide bonds. The third-order valence-electron chi connectivity index (χ3n) is 5.73. The molecule has 0 heterocycles. The summed E-state index contributed by atoms with van der Waals surface area (Å²) in [6.07, 6.45) is 1.78. The highest BCUT2D eigenvalue weighted by Crippen LogP contribution is 2.31. The number of nitrogens with one attached hydrogen (secondary N) is 2. The van der Waals surface area contributed by atoms with Gasteiger partial charge in [-0.15, -0.1) is 0 Å². The maximum absolute atomic E-state index is 6.26. The van der Waals surface area contributed by atoms with Crippen LogP contribution in [-0.4, -0.2) is 20.2 Å². The minimum Gasteiger partial charge on any atom is -0.497 e. The zero-order valence-corrected chi connectivity index (χ0v) is 20.2. The predicted molar refractivity (Wildman–Crippen MR) is 144 cm³/mol. The molecule has 6 N–H and O–H groups in total. The molecule has 34 heavy (non-hydrogen) atoms. The molecule has 0 aliphatic rings. The van der Waals surface area contributed by atoms with Gasteiger partial charge in [-0.2, -0.15) is 0 Å². The SMILES string of the molecule is C=Cc1ccc(NC/C(C)=C(\C)CNc2c(N)cccc2OCc2ccc(OC)cc2)c(N)c1. The Morgan fingerprint density at radius 2 is 1.62 bits per heavy atom. The molecule has 6 heteroatoms. The molecule has 0 aliphatic carbocycles. The van der Waals surface area contributed by atoms with Gasteiger partial charge in [0.15, 0.2) is 0 Å². The molecule has 0 saturated carbocycles. The monoisotopic (exact) mass is 458 g/mol. The Balaban J connectivity index is 1.62. The van der Waals surface area contributed by atoms with Gasteiger partial charge in [-0.25, -0.2) is 0 Å². The Morgan fingerprint density at radius 1 is 0.912 bits per heavy atom. The maximum Gasteiger partial charge on any atom is 0.145 e. The van der Waals surface area contributed by atoms with Gasteiger partial charge in [-0.1, -0.05) is 48.1 Å². The quantitative estimate of drug-likeness (QED) is 0.210. The zero-order valence-electron chi connectivity index (χ0n) is 20.2. The first kappa shape index (κ1) is 24.6. The Hall–Kier alpha value is -4.06. The molecule has 0 radical (unpaired) electrons. The number of nitrogen functional groups attached to an aromatic ring is 2. The summed E-state index contributed by atoms with van der Waals surface area (Å²) in [6.45, 7) is 9.76. The first-order valence-corrected chi connectivity index (χ1v) is 11.2. The zero-order chi connectivity index (χ0) is 24.5. The summed E-state index contributed by atoms with van der Waals surface area (Å²) in [5.74, 6) is 1.54. The van der Waals surface area contributed by atoms with Crippen molar-refractivity contribution in [1.29, 1.82) is 0 Å². The average molecular weight is 459 g/mol. The largest absolute Gasteiger partial charge is 0.497 e. The van der Waals surface area contributed by atoms with E-state index in [9.17, 15) is 0 Å². The summed E-state index contributed by atoms with van der Waals surface area (Å²) in [7, 11) is 1.65. The first-order chi connectivity index (χ1) is 16.4. The average Bonchev–Trinajstić information content (AvgIpc) is 2.85. The Bertz CT molecular complexity index is 1150. The van der Waals surface area contributed by atoms with E-state index in [1.807, 2.05) is 60.7 Å². The van der Waals surface area contributed by atoms with Crippen LogP contribution in [0.5, 0.6) is 11.5 Å². The number of benzene rings is 3. The molecule has 3 aromatic carbocycles. The van der Waals surface area contributed by atoms with Crippen LogP contribution in [0.4, 0.5) is 22.7 Å². The van der Waals surface area contributed by atoms with Crippen LogP contribution < -0.4 is 31.6 Å². The maximum atomic E-state index is 6.26. The van der Waals surface area contributed by atoms with Crippen LogP contribution in [0.15, 0.2) is 78.4 Å². The van der Waals surface area contributed by atoms with E-state index in [0.717, 1.165) is 34.0 Å². The molecular formula is C28H34N4O2. The third kappa shape index (κ3) is 6.48. The molecular weight excluding hydrogens is 424 g/mol. The van der Waals surface area contributed by atoms with Crippen LogP contribution in [0, 0.1) is 0 Å². The van der Waals surface area contributed by atoms with Gasteiger partial charge in [0, 0.05) is 13.1 Å². The summed E-state index contributed by atoms with van der Waals surface area (Å²) >= 11 is 0. The summed E-state index contributed by atoms with van der Waals surface area (Å²) in [5.41, 5.74) is 19.9. The van der Waals surface area contributed by atoms with Crippen LogP contribution in [0.3, 0.4) is 0 Å². The van der Waals surface area contributed by atoms with Crippen LogP contribution in [0.1, 0.15) is 25.0 Å². The Morgan fingerprint density at radius 3 is 2.26 bits per heavy atom. The molecule has 0 bridgehead atoms. The number of anilines is 4. The van der Waals surface area contributed by atoms with Crippen LogP contribution in [0.25, 0.3) is 6.08 Å². The topological polar surface area (TPSA) is 94.6 Å². The Kier molecular flexibility index (Phi) is 8.46. The van der Waals surface area contributed by atoms with Crippen molar-refractivity contribution in [2.24, 2.45) is 0 Å². The number of hydrogen-bond donors (Lipinski definition) is 4. The van der Waals surface area contributed by atoms with Gasteiger partial charge in [0.25, 0.3) is 0 Å². The number of rotatable bonds is 11. The van der Waals surface area contributed by atoms with Crippen molar-refractivity contribution in [3.8, 4) is 11.5 Å². The van der Waals surface area contributed by atoms with Crippen LogP contribution in [0.2, 0.25) is 0 Å². The fourth-order valence-electron chi connectivity index (χ4n) is 3.36. The lowest BCUT2D eigenvalue weighted by atomic mass is 10.1. The lowest BCUT2D eigenvalue weighted by Crippen LogP contribution is -2.12. The standard InChI is InChI=1S/C28H34N4O2/c1-5-21-11-14-26(25(30)15-21)31-16-19(2)20(3)17-32-28-24(29)7-6-8-27(28)34-18-22-9-12-23(33-4)13-10-22/h5-15,31-32H,1,16-18,29-30H2,2-4H3/b20-19+. The summed E-state index contributed by atoms with van der Waals surface area (Å²) in [5, 5.41) is 6.86. The van der Waals surface area contributed by atoms with Crippen LogP contribution in [-0.2, 0) is 6.61 Å². The van der Waals surface area contributed by atoms with E-state index in [1.54, 1.807) is 13.2 Å². The van der Waals surface area contributed by atoms with Gasteiger partial charge in [0.2, 0.25) is 0 Å².